The lowest BCUT2D eigenvalue weighted by Gasteiger charge is -2.43. The zero-order valence-corrected chi connectivity index (χ0v) is 10.1. The normalized spacial score (nSPS) is 30.0. The van der Waals surface area contributed by atoms with Gasteiger partial charge < -0.3 is 9.84 Å². The molecule has 1 saturated heterocycles. The van der Waals surface area contributed by atoms with Crippen LogP contribution in [-0.4, -0.2) is 40.5 Å². The van der Waals surface area contributed by atoms with Crippen LogP contribution in [0, 0.1) is 5.92 Å². The number of hydrogen-bond donors (Lipinski definition) is 1. The average Bonchev–Trinajstić information content (AvgIpc) is 2.50. The Kier molecular flexibility index (Phi) is 2.71. The fourth-order valence-electron chi connectivity index (χ4n) is 2.04. The lowest BCUT2D eigenvalue weighted by Crippen LogP contribution is -2.60. The third-order valence-corrected chi connectivity index (χ3v) is 4.15. The van der Waals surface area contributed by atoms with Crippen molar-refractivity contribution in [1.82, 2.24) is 4.90 Å². The number of carbonyl (C=O) groups excluding carboxylic acids is 2. The molecule has 2 heterocycles. The molecule has 88 valence electrons. The molecule has 3 atom stereocenters. The second-order valence-electron chi connectivity index (χ2n) is 3.88. The van der Waals surface area contributed by atoms with Crippen LogP contribution in [0.1, 0.15) is 13.8 Å². The van der Waals surface area contributed by atoms with Gasteiger partial charge in [0.1, 0.15) is 11.1 Å². The van der Waals surface area contributed by atoms with Crippen LogP contribution < -0.4 is 0 Å². The maximum absolute atomic E-state index is 11.8. The van der Waals surface area contributed by atoms with Crippen LogP contribution in [0.4, 0.5) is 0 Å². The van der Waals surface area contributed by atoms with Gasteiger partial charge in [0.25, 0.3) is 0 Å². The van der Waals surface area contributed by atoms with Crippen LogP contribution in [0.3, 0.4) is 0 Å². The van der Waals surface area contributed by atoms with Gasteiger partial charge in [0.05, 0.1) is 19.1 Å². The highest BCUT2D eigenvalue weighted by molar-refractivity contribution is 8.04. The van der Waals surface area contributed by atoms with E-state index in [1.54, 1.807) is 13.8 Å². The Balaban J connectivity index is 2.24. The Bertz CT molecular complexity index is 390. The third-order valence-electron chi connectivity index (χ3n) is 2.85. The summed E-state index contributed by atoms with van der Waals surface area (Å²) in [4.78, 5) is 25.4. The number of aliphatic hydroxyl groups is 1. The van der Waals surface area contributed by atoms with Crippen molar-refractivity contribution in [3.8, 4) is 0 Å². The fraction of sp³-hybridized carbons (Fsp3) is 0.600. The van der Waals surface area contributed by atoms with Crippen molar-refractivity contribution >= 4 is 23.6 Å². The van der Waals surface area contributed by atoms with Crippen molar-refractivity contribution in [2.45, 2.75) is 25.3 Å². The lowest BCUT2D eigenvalue weighted by molar-refractivity contribution is -0.157. The minimum absolute atomic E-state index is 0.151. The number of fused-ring (bicyclic) bond motifs is 1. The summed E-state index contributed by atoms with van der Waals surface area (Å²) >= 11 is 1.43. The maximum Gasteiger partial charge on any atom is 0.355 e. The smallest absolute Gasteiger partial charge is 0.355 e. The summed E-state index contributed by atoms with van der Waals surface area (Å²) in [5, 5.41) is 9.31. The van der Waals surface area contributed by atoms with E-state index in [0.29, 0.717) is 5.70 Å². The summed E-state index contributed by atoms with van der Waals surface area (Å²) in [6.07, 6.45) is -0.689. The summed E-state index contributed by atoms with van der Waals surface area (Å²) in [6.45, 7) is 3.37. The summed E-state index contributed by atoms with van der Waals surface area (Å²) in [5.41, 5.74) is 0.319. The lowest BCUT2D eigenvalue weighted by atomic mass is 9.92. The van der Waals surface area contributed by atoms with E-state index in [1.165, 1.54) is 23.8 Å². The number of allylic oxidation sites excluding steroid dienone is 1. The zero-order chi connectivity index (χ0) is 12.0. The van der Waals surface area contributed by atoms with E-state index in [4.69, 9.17) is 0 Å². The van der Waals surface area contributed by atoms with Crippen molar-refractivity contribution < 1.29 is 19.4 Å². The van der Waals surface area contributed by atoms with E-state index >= 15 is 0 Å². The first-order valence-electron chi connectivity index (χ1n) is 4.96. The van der Waals surface area contributed by atoms with Gasteiger partial charge in [0.2, 0.25) is 5.91 Å². The number of esters is 1. The molecule has 0 radical (unpaired) electrons. The number of β-lactam (4-membered cyclic amide) rings is 1. The molecule has 0 aromatic rings. The SMILES string of the molecule is COC(=O)C1=C(C)S[C@@H]2[C@@H]([C@@H](C)O)C(=O)N12. The first-order chi connectivity index (χ1) is 7.49. The number of carbonyl (C=O) groups is 2. The van der Waals surface area contributed by atoms with Gasteiger partial charge in [-0.15, -0.1) is 11.8 Å². The van der Waals surface area contributed by atoms with E-state index < -0.39 is 18.0 Å². The number of aliphatic hydroxyl groups excluding tert-OH is 1. The molecule has 0 spiro atoms. The van der Waals surface area contributed by atoms with Crippen molar-refractivity contribution in [2.24, 2.45) is 5.92 Å². The molecular formula is C10H13NO4S. The number of hydrogen-bond acceptors (Lipinski definition) is 5. The number of nitrogens with zero attached hydrogens (tertiary/aromatic N) is 1. The van der Waals surface area contributed by atoms with E-state index in [1.807, 2.05) is 0 Å². The molecule has 0 aromatic heterocycles. The molecule has 1 amide bonds. The molecule has 1 N–H and O–H groups in total. The van der Waals surface area contributed by atoms with Gasteiger partial charge in [-0.05, 0) is 13.8 Å². The Morgan fingerprint density at radius 3 is 2.75 bits per heavy atom. The average molecular weight is 243 g/mol. The van der Waals surface area contributed by atoms with Crippen molar-refractivity contribution in [2.75, 3.05) is 7.11 Å². The Morgan fingerprint density at radius 2 is 2.25 bits per heavy atom. The van der Waals surface area contributed by atoms with Crippen LogP contribution >= 0.6 is 11.8 Å². The van der Waals surface area contributed by atoms with Gasteiger partial charge in [-0.1, -0.05) is 0 Å². The molecule has 0 aliphatic carbocycles. The molecule has 2 aliphatic rings. The van der Waals surface area contributed by atoms with Crippen LogP contribution in [-0.2, 0) is 14.3 Å². The van der Waals surface area contributed by atoms with E-state index in [-0.39, 0.29) is 11.3 Å². The number of thioether (sulfide) groups is 1. The number of ether oxygens (including phenoxy) is 1. The predicted molar refractivity (Wildman–Crippen MR) is 58.1 cm³/mol. The van der Waals surface area contributed by atoms with E-state index in [2.05, 4.69) is 4.74 Å². The first kappa shape index (κ1) is 11.5. The molecule has 1 fully saturated rings. The predicted octanol–water partition coefficient (Wildman–Crippen LogP) is 0.303. The molecule has 5 nitrogen and oxygen atoms in total. The molecule has 0 bridgehead atoms. The van der Waals surface area contributed by atoms with Gasteiger partial charge in [0.15, 0.2) is 0 Å². The van der Waals surface area contributed by atoms with Crippen molar-refractivity contribution in [3.05, 3.63) is 10.6 Å². The summed E-state index contributed by atoms with van der Waals surface area (Å²) in [7, 11) is 1.29. The van der Waals surface area contributed by atoms with Gasteiger partial charge in [-0.3, -0.25) is 9.69 Å². The molecule has 0 saturated carbocycles. The molecule has 6 heteroatoms. The van der Waals surface area contributed by atoms with Crippen LogP contribution in [0.5, 0.6) is 0 Å². The third kappa shape index (κ3) is 1.36. The van der Waals surface area contributed by atoms with Crippen LogP contribution in [0.25, 0.3) is 0 Å². The van der Waals surface area contributed by atoms with Gasteiger partial charge in [-0.2, -0.15) is 0 Å². The molecule has 2 rings (SSSR count). The van der Waals surface area contributed by atoms with E-state index in [9.17, 15) is 14.7 Å². The summed E-state index contributed by atoms with van der Waals surface area (Å²) < 4.78 is 4.63. The summed E-state index contributed by atoms with van der Waals surface area (Å²) in [6, 6.07) is 0. The highest BCUT2D eigenvalue weighted by atomic mass is 32.2. The molecule has 16 heavy (non-hydrogen) atoms. The minimum Gasteiger partial charge on any atom is -0.464 e. The highest BCUT2D eigenvalue weighted by Crippen LogP contribution is 2.50. The maximum atomic E-state index is 11.8. The number of methoxy groups -OCH3 is 1. The Hall–Kier alpha value is -1.01. The molecule has 0 aromatic carbocycles. The molecule has 0 unspecified atom stereocenters. The summed E-state index contributed by atoms with van der Waals surface area (Å²) in [5.74, 6) is -1.11. The minimum atomic E-state index is -0.689. The van der Waals surface area contributed by atoms with Crippen molar-refractivity contribution in [3.63, 3.8) is 0 Å². The van der Waals surface area contributed by atoms with Crippen LogP contribution in [0.2, 0.25) is 0 Å². The standard InChI is InChI=1S/C10H13NO4S/c1-4(12)6-8(13)11-7(10(14)15-3)5(2)16-9(6)11/h4,6,9,12H,1-3H3/t4-,6+,9-/m1/s1. The van der Waals surface area contributed by atoms with Crippen molar-refractivity contribution in [1.29, 1.82) is 0 Å². The number of rotatable bonds is 2. The molecular weight excluding hydrogens is 230 g/mol. The second-order valence-corrected chi connectivity index (χ2v) is 5.21. The van der Waals surface area contributed by atoms with E-state index in [0.717, 1.165) is 4.91 Å². The number of amides is 1. The first-order valence-corrected chi connectivity index (χ1v) is 5.84. The molecule has 2 aliphatic heterocycles. The van der Waals surface area contributed by atoms with Gasteiger partial charge in [0, 0.05) is 4.91 Å². The second kappa shape index (κ2) is 3.78. The Morgan fingerprint density at radius 1 is 1.62 bits per heavy atom. The van der Waals surface area contributed by atoms with Crippen LogP contribution in [0.15, 0.2) is 10.6 Å². The fourth-order valence-corrected chi connectivity index (χ4v) is 3.50. The monoisotopic (exact) mass is 243 g/mol. The largest absolute Gasteiger partial charge is 0.464 e. The van der Waals surface area contributed by atoms with Gasteiger partial charge >= 0.3 is 5.97 Å². The topological polar surface area (TPSA) is 66.8 Å². The quantitative estimate of drug-likeness (QED) is 0.558. The highest BCUT2D eigenvalue weighted by Gasteiger charge is 2.56. The zero-order valence-electron chi connectivity index (χ0n) is 9.26. The Labute approximate surface area is 97.4 Å². The van der Waals surface area contributed by atoms with Gasteiger partial charge in [-0.25, -0.2) is 4.79 Å².